The highest BCUT2D eigenvalue weighted by Gasteiger charge is 2.13. The Balaban J connectivity index is 1.42. The highest BCUT2D eigenvalue weighted by molar-refractivity contribution is 5.75. The number of aromatic nitrogens is 2. The van der Waals surface area contributed by atoms with Crippen molar-refractivity contribution >= 4 is 11.7 Å². The Bertz CT molecular complexity index is 672. The van der Waals surface area contributed by atoms with Gasteiger partial charge in [-0.3, -0.25) is 4.79 Å². The van der Waals surface area contributed by atoms with Gasteiger partial charge in [-0.2, -0.15) is 0 Å². The summed E-state index contributed by atoms with van der Waals surface area (Å²) < 4.78 is 5.36. The predicted octanol–water partition coefficient (Wildman–Crippen LogP) is 1.95. The van der Waals surface area contributed by atoms with Gasteiger partial charge < -0.3 is 15.0 Å². The number of morpholine rings is 1. The molecule has 1 aliphatic rings. The van der Waals surface area contributed by atoms with E-state index in [9.17, 15) is 4.79 Å². The van der Waals surface area contributed by atoms with Crippen molar-refractivity contribution < 1.29 is 9.53 Å². The number of carbonyl (C=O) groups is 1. The molecule has 3 rings (SSSR count). The molecule has 1 aliphatic heterocycles. The molecule has 1 aromatic heterocycles. The Labute approximate surface area is 148 Å². The van der Waals surface area contributed by atoms with Gasteiger partial charge in [-0.15, -0.1) is 0 Å². The lowest BCUT2D eigenvalue weighted by Crippen LogP contribution is -2.37. The summed E-state index contributed by atoms with van der Waals surface area (Å²) in [5, 5.41) is 2.91. The second kappa shape index (κ2) is 9.13. The predicted molar refractivity (Wildman–Crippen MR) is 96.3 cm³/mol. The fraction of sp³-hybridized carbons (Fsp3) is 0.421. The van der Waals surface area contributed by atoms with Gasteiger partial charge >= 0.3 is 0 Å². The van der Waals surface area contributed by atoms with E-state index in [1.165, 1.54) is 5.56 Å². The lowest BCUT2D eigenvalue weighted by atomic mass is 10.1. The first kappa shape index (κ1) is 17.4. The Morgan fingerprint density at radius 1 is 1.16 bits per heavy atom. The zero-order valence-electron chi connectivity index (χ0n) is 14.4. The van der Waals surface area contributed by atoms with E-state index in [4.69, 9.17) is 4.74 Å². The Morgan fingerprint density at radius 2 is 1.96 bits per heavy atom. The standard InChI is InChI=1S/C19H24N4O2/c24-19(8-4-7-16-5-2-1-3-6-16)21-15-17-20-10-9-18(22-17)23-11-13-25-14-12-23/h1-3,5-6,9-10H,4,7-8,11-15H2,(H,21,24). The van der Waals surface area contributed by atoms with Gasteiger partial charge in [0.05, 0.1) is 19.8 Å². The first-order chi connectivity index (χ1) is 12.3. The molecule has 6 heteroatoms. The number of nitrogens with zero attached hydrogens (tertiary/aromatic N) is 3. The average Bonchev–Trinajstić information content (AvgIpc) is 2.68. The van der Waals surface area contributed by atoms with E-state index < -0.39 is 0 Å². The van der Waals surface area contributed by atoms with Gasteiger partial charge in [0.25, 0.3) is 0 Å². The SMILES string of the molecule is O=C(CCCc1ccccc1)NCc1nccc(N2CCOCC2)n1. The molecule has 1 aromatic carbocycles. The van der Waals surface area contributed by atoms with Crippen LogP contribution in [0, 0.1) is 0 Å². The first-order valence-electron chi connectivity index (χ1n) is 8.76. The quantitative estimate of drug-likeness (QED) is 0.834. The molecule has 6 nitrogen and oxygen atoms in total. The van der Waals surface area contributed by atoms with Crippen molar-refractivity contribution in [3.8, 4) is 0 Å². The number of nitrogens with one attached hydrogen (secondary N) is 1. The van der Waals surface area contributed by atoms with Crippen LogP contribution in [0.15, 0.2) is 42.6 Å². The van der Waals surface area contributed by atoms with E-state index in [1.54, 1.807) is 6.20 Å². The van der Waals surface area contributed by atoms with Gasteiger partial charge in [0.15, 0.2) is 0 Å². The molecule has 0 radical (unpaired) electrons. The van der Waals surface area contributed by atoms with E-state index in [-0.39, 0.29) is 5.91 Å². The molecule has 1 amide bonds. The molecule has 0 saturated carbocycles. The average molecular weight is 340 g/mol. The maximum atomic E-state index is 12.0. The second-order valence-electron chi connectivity index (χ2n) is 6.05. The van der Waals surface area contributed by atoms with Gasteiger partial charge in [-0.25, -0.2) is 9.97 Å². The third-order valence-electron chi connectivity index (χ3n) is 4.18. The van der Waals surface area contributed by atoms with Crippen molar-refractivity contribution in [1.29, 1.82) is 0 Å². The first-order valence-corrected chi connectivity index (χ1v) is 8.76. The molecule has 1 saturated heterocycles. The molecule has 0 unspecified atom stereocenters. The van der Waals surface area contributed by atoms with Crippen LogP contribution >= 0.6 is 0 Å². The zero-order valence-corrected chi connectivity index (χ0v) is 14.4. The normalized spacial score (nSPS) is 14.3. The number of aryl methyl sites for hydroxylation is 1. The third-order valence-corrected chi connectivity index (χ3v) is 4.18. The molecule has 0 spiro atoms. The highest BCUT2D eigenvalue weighted by Crippen LogP contribution is 2.12. The lowest BCUT2D eigenvalue weighted by Gasteiger charge is -2.27. The Hall–Kier alpha value is -2.47. The van der Waals surface area contributed by atoms with Gasteiger partial charge in [0, 0.05) is 25.7 Å². The number of benzene rings is 1. The summed E-state index contributed by atoms with van der Waals surface area (Å²) in [5.74, 6) is 1.57. The topological polar surface area (TPSA) is 67.4 Å². The van der Waals surface area contributed by atoms with Crippen LogP contribution in [0.1, 0.15) is 24.2 Å². The molecule has 2 heterocycles. The summed E-state index contributed by atoms with van der Waals surface area (Å²) in [4.78, 5) is 23.0. The van der Waals surface area contributed by atoms with Crippen molar-refractivity contribution in [2.75, 3.05) is 31.2 Å². The molecule has 1 N–H and O–H groups in total. The Morgan fingerprint density at radius 3 is 2.76 bits per heavy atom. The minimum atomic E-state index is 0.0382. The molecule has 2 aromatic rings. The number of rotatable bonds is 7. The van der Waals surface area contributed by atoms with Gasteiger partial charge in [-0.1, -0.05) is 30.3 Å². The summed E-state index contributed by atoms with van der Waals surface area (Å²) in [6.07, 6.45) is 4.01. The van der Waals surface area contributed by atoms with Crippen LogP contribution in [0.2, 0.25) is 0 Å². The minimum absolute atomic E-state index is 0.0382. The fourth-order valence-electron chi connectivity index (χ4n) is 2.81. The summed E-state index contributed by atoms with van der Waals surface area (Å²) in [7, 11) is 0. The van der Waals surface area contributed by atoms with Crippen LogP contribution in [0.4, 0.5) is 5.82 Å². The van der Waals surface area contributed by atoms with Crippen molar-refractivity contribution in [1.82, 2.24) is 15.3 Å². The second-order valence-corrected chi connectivity index (χ2v) is 6.05. The van der Waals surface area contributed by atoms with Crippen LogP contribution in [0.5, 0.6) is 0 Å². The number of anilines is 1. The van der Waals surface area contributed by atoms with Crippen LogP contribution < -0.4 is 10.2 Å². The summed E-state index contributed by atoms with van der Waals surface area (Å²) in [5.41, 5.74) is 1.26. The smallest absolute Gasteiger partial charge is 0.220 e. The molecule has 132 valence electrons. The highest BCUT2D eigenvalue weighted by atomic mass is 16.5. The van der Waals surface area contributed by atoms with Crippen molar-refractivity contribution in [3.63, 3.8) is 0 Å². The van der Waals surface area contributed by atoms with Gasteiger partial charge in [0.2, 0.25) is 5.91 Å². The van der Waals surface area contributed by atoms with Crippen molar-refractivity contribution in [2.24, 2.45) is 0 Å². The third kappa shape index (κ3) is 5.53. The molecular formula is C19H24N4O2. The lowest BCUT2D eigenvalue weighted by molar-refractivity contribution is -0.121. The van der Waals surface area contributed by atoms with E-state index in [2.05, 4.69) is 32.3 Å². The van der Waals surface area contributed by atoms with E-state index in [0.717, 1.165) is 45.0 Å². The van der Waals surface area contributed by atoms with E-state index in [0.29, 0.717) is 18.8 Å². The Kier molecular flexibility index (Phi) is 6.34. The number of hydrogen-bond acceptors (Lipinski definition) is 5. The van der Waals surface area contributed by atoms with E-state index in [1.807, 2.05) is 24.3 Å². The molecular weight excluding hydrogens is 316 g/mol. The van der Waals surface area contributed by atoms with Crippen molar-refractivity contribution in [2.45, 2.75) is 25.8 Å². The zero-order chi connectivity index (χ0) is 17.3. The van der Waals surface area contributed by atoms with Crippen molar-refractivity contribution in [3.05, 3.63) is 54.0 Å². The van der Waals surface area contributed by atoms with Gasteiger partial charge in [-0.05, 0) is 24.5 Å². The van der Waals surface area contributed by atoms with E-state index >= 15 is 0 Å². The fourth-order valence-corrected chi connectivity index (χ4v) is 2.81. The summed E-state index contributed by atoms with van der Waals surface area (Å²) >= 11 is 0. The molecule has 0 atom stereocenters. The number of hydrogen-bond donors (Lipinski definition) is 1. The number of ether oxygens (including phenoxy) is 1. The molecule has 0 bridgehead atoms. The molecule has 1 fully saturated rings. The van der Waals surface area contributed by atoms with Crippen LogP contribution in [-0.2, 0) is 22.5 Å². The molecule has 25 heavy (non-hydrogen) atoms. The maximum Gasteiger partial charge on any atom is 0.220 e. The van der Waals surface area contributed by atoms with Gasteiger partial charge in [0.1, 0.15) is 11.6 Å². The monoisotopic (exact) mass is 340 g/mol. The number of carbonyl (C=O) groups excluding carboxylic acids is 1. The van der Waals surface area contributed by atoms with Crippen LogP contribution in [0.25, 0.3) is 0 Å². The van der Waals surface area contributed by atoms with Crippen LogP contribution in [0.3, 0.4) is 0 Å². The number of amides is 1. The minimum Gasteiger partial charge on any atom is -0.378 e. The molecule has 0 aliphatic carbocycles. The summed E-state index contributed by atoms with van der Waals surface area (Å²) in [6, 6.07) is 12.1. The summed E-state index contributed by atoms with van der Waals surface area (Å²) in [6.45, 7) is 3.47. The largest absolute Gasteiger partial charge is 0.378 e. The van der Waals surface area contributed by atoms with Crippen LogP contribution in [-0.4, -0.2) is 42.2 Å². The maximum absolute atomic E-state index is 12.0.